The number of hydrogen-bond acceptors (Lipinski definition) is 4. The molecule has 0 bridgehead atoms. The minimum absolute atomic E-state index is 0.0909. The van der Waals surface area contributed by atoms with E-state index in [4.69, 9.17) is 10.5 Å². The summed E-state index contributed by atoms with van der Waals surface area (Å²) in [6.07, 6.45) is 0. The summed E-state index contributed by atoms with van der Waals surface area (Å²) in [6, 6.07) is 7.12. The topological polar surface area (TPSA) is 82.3 Å². The second-order valence-corrected chi connectivity index (χ2v) is 3.91. The van der Waals surface area contributed by atoms with Crippen molar-refractivity contribution >= 4 is 23.3 Å². The molecule has 1 heterocycles. The Balaban J connectivity index is 2.69. The van der Waals surface area contributed by atoms with Gasteiger partial charge in [0, 0.05) is 10.9 Å². The van der Waals surface area contributed by atoms with Gasteiger partial charge in [-0.3, -0.25) is 9.59 Å². The maximum atomic E-state index is 11.2. The highest BCUT2D eigenvalue weighted by Crippen LogP contribution is 2.22. The van der Waals surface area contributed by atoms with Crippen LogP contribution in [-0.4, -0.2) is 17.4 Å². The number of nitrogens with zero attached hydrogens (tertiary/aromatic N) is 1. The molecule has 2 aromatic rings. The van der Waals surface area contributed by atoms with Crippen molar-refractivity contribution in [1.82, 2.24) is 4.98 Å². The van der Waals surface area contributed by atoms with Gasteiger partial charge in [-0.1, -0.05) is 12.1 Å². The number of carbonyl (C=O) groups is 2. The van der Waals surface area contributed by atoms with Gasteiger partial charge in [0.25, 0.3) is 12.4 Å². The van der Waals surface area contributed by atoms with Crippen molar-refractivity contribution < 1.29 is 14.3 Å². The molecule has 0 radical (unpaired) electrons. The largest absolute Gasteiger partial charge is 0.463 e. The molecule has 92 valence electrons. The Morgan fingerprint density at radius 2 is 2.28 bits per heavy atom. The molecule has 18 heavy (non-hydrogen) atoms. The molecule has 0 atom stereocenters. The quantitative estimate of drug-likeness (QED) is 0.822. The highest BCUT2D eigenvalue weighted by atomic mass is 16.5. The van der Waals surface area contributed by atoms with Crippen molar-refractivity contribution in [2.45, 2.75) is 13.5 Å². The van der Waals surface area contributed by atoms with Gasteiger partial charge in [0.1, 0.15) is 12.3 Å². The van der Waals surface area contributed by atoms with Crippen LogP contribution in [0.1, 0.15) is 21.6 Å². The van der Waals surface area contributed by atoms with Crippen molar-refractivity contribution in [1.29, 1.82) is 0 Å². The molecule has 0 spiro atoms. The van der Waals surface area contributed by atoms with Gasteiger partial charge in [-0.15, -0.1) is 0 Å². The third-order valence-corrected chi connectivity index (χ3v) is 2.68. The van der Waals surface area contributed by atoms with Crippen molar-refractivity contribution in [2.24, 2.45) is 5.73 Å². The smallest absolute Gasteiger partial charge is 0.293 e. The first-order valence-corrected chi connectivity index (χ1v) is 5.38. The number of hydrogen-bond donors (Lipinski definition) is 1. The van der Waals surface area contributed by atoms with Crippen LogP contribution in [0.25, 0.3) is 10.9 Å². The van der Waals surface area contributed by atoms with E-state index in [1.807, 2.05) is 19.1 Å². The fraction of sp³-hybridized carbons (Fsp3) is 0.154. The average Bonchev–Trinajstić information content (AvgIpc) is 2.35. The van der Waals surface area contributed by atoms with E-state index in [1.165, 1.54) is 0 Å². The second kappa shape index (κ2) is 4.83. The maximum absolute atomic E-state index is 11.2. The van der Waals surface area contributed by atoms with Crippen LogP contribution in [0, 0.1) is 6.92 Å². The van der Waals surface area contributed by atoms with Gasteiger partial charge in [-0.25, -0.2) is 4.98 Å². The fourth-order valence-corrected chi connectivity index (χ4v) is 1.93. The van der Waals surface area contributed by atoms with Crippen LogP contribution in [0.4, 0.5) is 0 Å². The predicted octanol–water partition coefficient (Wildman–Crippen LogP) is 1.32. The Hall–Kier alpha value is -2.43. The highest BCUT2D eigenvalue weighted by Gasteiger charge is 2.11. The van der Waals surface area contributed by atoms with Crippen LogP contribution >= 0.6 is 0 Å². The summed E-state index contributed by atoms with van der Waals surface area (Å²) in [4.78, 5) is 25.7. The van der Waals surface area contributed by atoms with E-state index in [9.17, 15) is 9.59 Å². The molecule has 5 nitrogen and oxygen atoms in total. The molecule has 0 aliphatic heterocycles. The van der Waals surface area contributed by atoms with Crippen LogP contribution < -0.4 is 5.73 Å². The van der Waals surface area contributed by atoms with E-state index in [0.29, 0.717) is 12.0 Å². The molecule has 1 aromatic carbocycles. The zero-order valence-corrected chi connectivity index (χ0v) is 9.84. The highest BCUT2D eigenvalue weighted by molar-refractivity contribution is 5.95. The van der Waals surface area contributed by atoms with Gasteiger partial charge in [0.05, 0.1) is 5.52 Å². The lowest BCUT2D eigenvalue weighted by molar-refractivity contribution is -0.129. The minimum Gasteiger partial charge on any atom is -0.463 e. The number of amides is 1. The Morgan fingerprint density at radius 1 is 1.50 bits per heavy atom. The van der Waals surface area contributed by atoms with Gasteiger partial charge in [0.15, 0.2) is 0 Å². The van der Waals surface area contributed by atoms with E-state index >= 15 is 0 Å². The molecule has 0 aliphatic carbocycles. The normalized spacial score (nSPS) is 10.3. The van der Waals surface area contributed by atoms with Gasteiger partial charge in [-0.05, 0) is 24.6 Å². The zero-order chi connectivity index (χ0) is 13.1. The third-order valence-electron chi connectivity index (χ3n) is 2.68. The van der Waals surface area contributed by atoms with E-state index in [-0.39, 0.29) is 12.3 Å². The second-order valence-electron chi connectivity index (χ2n) is 3.91. The summed E-state index contributed by atoms with van der Waals surface area (Å²) in [7, 11) is 0. The number of aryl methyl sites for hydroxylation is 1. The summed E-state index contributed by atoms with van der Waals surface area (Å²) in [5.74, 6) is -0.606. The summed E-state index contributed by atoms with van der Waals surface area (Å²) in [5, 5.41) is 0.879. The van der Waals surface area contributed by atoms with Crippen LogP contribution in [0.15, 0.2) is 24.3 Å². The van der Waals surface area contributed by atoms with Crippen LogP contribution in [0.3, 0.4) is 0 Å². The number of benzene rings is 1. The van der Waals surface area contributed by atoms with E-state index in [0.717, 1.165) is 16.5 Å². The zero-order valence-electron chi connectivity index (χ0n) is 9.84. The van der Waals surface area contributed by atoms with E-state index in [1.54, 1.807) is 12.1 Å². The average molecular weight is 244 g/mol. The first-order chi connectivity index (χ1) is 8.63. The number of carbonyl (C=O) groups excluding carboxylic acids is 2. The molecule has 0 saturated carbocycles. The lowest BCUT2D eigenvalue weighted by Gasteiger charge is -2.09. The van der Waals surface area contributed by atoms with Crippen LogP contribution in [0.2, 0.25) is 0 Å². The van der Waals surface area contributed by atoms with E-state index in [2.05, 4.69) is 4.98 Å². The van der Waals surface area contributed by atoms with Crippen molar-refractivity contribution in [2.75, 3.05) is 0 Å². The van der Waals surface area contributed by atoms with Gasteiger partial charge in [0.2, 0.25) is 0 Å². The molecule has 2 N–H and O–H groups in total. The molecule has 1 amide bonds. The lowest BCUT2D eigenvalue weighted by Crippen LogP contribution is -2.14. The number of ether oxygens (including phenoxy) is 1. The summed E-state index contributed by atoms with van der Waals surface area (Å²) in [5.41, 5.74) is 7.78. The third kappa shape index (κ3) is 2.15. The molecule has 1 aromatic heterocycles. The summed E-state index contributed by atoms with van der Waals surface area (Å²) < 4.78 is 4.76. The molecular weight excluding hydrogens is 232 g/mol. The van der Waals surface area contributed by atoms with Gasteiger partial charge in [-0.2, -0.15) is 0 Å². The number of rotatable bonds is 4. The van der Waals surface area contributed by atoms with Crippen molar-refractivity contribution in [3.63, 3.8) is 0 Å². The van der Waals surface area contributed by atoms with Gasteiger partial charge >= 0.3 is 0 Å². The molecule has 0 saturated heterocycles. The first kappa shape index (κ1) is 12.0. The predicted molar refractivity (Wildman–Crippen MR) is 65.9 cm³/mol. The molecule has 0 fully saturated rings. The Morgan fingerprint density at radius 3 is 2.94 bits per heavy atom. The molecule has 2 rings (SSSR count). The number of nitrogens with two attached hydrogens (primary N) is 1. The SMILES string of the molecule is Cc1cccc2nc(C(N)=O)cc(COC=O)c12. The Bertz CT molecular complexity index is 623. The molecular formula is C13H12N2O3. The first-order valence-electron chi connectivity index (χ1n) is 5.38. The lowest BCUT2D eigenvalue weighted by atomic mass is 10.0. The van der Waals surface area contributed by atoms with Gasteiger partial charge < -0.3 is 10.5 Å². The number of fused-ring (bicyclic) bond motifs is 1. The summed E-state index contributed by atoms with van der Waals surface area (Å²) >= 11 is 0. The number of aromatic nitrogens is 1. The van der Waals surface area contributed by atoms with Crippen LogP contribution in [0.5, 0.6) is 0 Å². The van der Waals surface area contributed by atoms with Crippen molar-refractivity contribution in [3.05, 3.63) is 41.1 Å². The standard InChI is InChI=1S/C13H12N2O3/c1-8-3-2-4-10-12(8)9(6-18-7-16)5-11(15-10)13(14)17/h2-5,7H,6H2,1H3,(H2,14,17). The summed E-state index contributed by atoms with van der Waals surface area (Å²) in [6.45, 7) is 2.39. The van der Waals surface area contributed by atoms with Crippen LogP contribution in [-0.2, 0) is 16.1 Å². The number of primary amides is 1. The number of pyridine rings is 1. The molecule has 0 unspecified atom stereocenters. The Kier molecular flexibility index (Phi) is 3.23. The minimum atomic E-state index is -0.606. The fourth-order valence-electron chi connectivity index (χ4n) is 1.93. The Labute approximate surface area is 104 Å². The monoisotopic (exact) mass is 244 g/mol. The molecule has 0 aliphatic rings. The maximum Gasteiger partial charge on any atom is 0.293 e. The van der Waals surface area contributed by atoms with E-state index < -0.39 is 5.91 Å². The molecule has 5 heteroatoms. The van der Waals surface area contributed by atoms with Crippen molar-refractivity contribution in [3.8, 4) is 0 Å².